The molecule has 5 N–H and O–H groups in total. The maximum atomic E-state index is 11.0. The predicted octanol–water partition coefficient (Wildman–Crippen LogP) is 6.65. The number of aromatic nitrogens is 3. The Bertz CT molecular complexity index is 1670. The number of rotatable bonds is 19. The van der Waals surface area contributed by atoms with E-state index < -0.39 is 5.97 Å². The van der Waals surface area contributed by atoms with Crippen LogP contribution in [0.3, 0.4) is 0 Å². The Morgan fingerprint density at radius 3 is 2.02 bits per heavy atom. The number of nitrogens with zero attached hydrogens (tertiary/aromatic N) is 4. The van der Waals surface area contributed by atoms with Crippen molar-refractivity contribution in [1.82, 2.24) is 15.0 Å². The SMILES string of the molecule is CCOCCOCCOc1ccc(CN=C(N)N)cc1.CCn1cc(CCOc2c(I)cc(Oc3c(I)cc(CC(=O)O)cc3I)cc2I)nn1. The smallest absolute Gasteiger partial charge is 0.307 e. The van der Waals surface area contributed by atoms with E-state index in [1.165, 1.54) is 0 Å². The number of nitrogens with two attached hydrogens (primary N) is 2. The highest BCUT2D eigenvalue weighted by molar-refractivity contribution is 14.1. The summed E-state index contributed by atoms with van der Waals surface area (Å²) in [6, 6.07) is 15.2. The number of aliphatic imine (C=N–C) groups is 1. The van der Waals surface area contributed by atoms with Crippen molar-refractivity contribution in [3.05, 3.63) is 85.8 Å². The van der Waals surface area contributed by atoms with E-state index in [4.69, 9.17) is 40.3 Å². The van der Waals surface area contributed by atoms with Crippen LogP contribution in [0.2, 0.25) is 0 Å². The van der Waals surface area contributed by atoms with Gasteiger partial charge in [-0.2, -0.15) is 0 Å². The predicted molar refractivity (Wildman–Crippen MR) is 229 cm³/mol. The zero-order valence-electron chi connectivity index (χ0n) is 28.1. The van der Waals surface area contributed by atoms with E-state index in [9.17, 15) is 4.79 Å². The average Bonchev–Trinajstić information content (AvgIpc) is 3.55. The van der Waals surface area contributed by atoms with Gasteiger partial charge in [-0.1, -0.05) is 17.3 Å². The number of carboxylic acid groups (broad SMARTS) is 1. The monoisotopic (exact) mass is 1150 g/mol. The number of carboxylic acids is 1. The number of benzene rings is 3. The number of aryl methyl sites for hydroxylation is 1. The second kappa shape index (κ2) is 23.4. The Morgan fingerprint density at radius 1 is 0.804 bits per heavy atom. The number of carbonyl (C=O) groups is 1. The summed E-state index contributed by atoms with van der Waals surface area (Å²) in [7, 11) is 0. The van der Waals surface area contributed by atoms with Crippen molar-refractivity contribution in [2.24, 2.45) is 16.5 Å². The molecule has 1 heterocycles. The summed E-state index contributed by atoms with van der Waals surface area (Å²) in [6.07, 6.45) is 2.60. The van der Waals surface area contributed by atoms with Crippen LogP contribution in [0.1, 0.15) is 30.7 Å². The molecule has 1 aromatic heterocycles. The van der Waals surface area contributed by atoms with Crippen LogP contribution >= 0.6 is 90.4 Å². The summed E-state index contributed by atoms with van der Waals surface area (Å²) in [6.45, 7) is 8.75. The Morgan fingerprint density at radius 2 is 1.43 bits per heavy atom. The van der Waals surface area contributed by atoms with Gasteiger partial charge in [0.25, 0.3) is 0 Å². The fourth-order valence-corrected chi connectivity index (χ4v) is 8.30. The van der Waals surface area contributed by atoms with Crippen LogP contribution in [0.15, 0.2) is 59.7 Å². The van der Waals surface area contributed by atoms with Gasteiger partial charge in [-0.25, -0.2) is 4.99 Å². The molecule has 0 aliphatic carbocycles. The number of hydrogen-bond acceptors (Lipinski definition) is 9. The van der Waals surface area contributed by atoms with Gasteiger partial charge in [0, 0.05) is 25.8 Å². The van der Waals surface area contributed by atoms with Gasteiger partial charge in [-0.3, -0.25) is 9.48 Å². The molecule has 0 atom stereocenters. The Labute approximate surface area is 352 Å². The molecule has 51 heavy (non-hydrogen) atoms. The van der Waals surface area contributed by atoms with Crippen LogP contribution in [0, 0.1) is 14.3 Å². The van der Waals surface area contributed by atoms with Crippen molar-refractivity contribution in [2.45, 2.75) is 39.8 Å². The van der Waals surface area contributed by atoms with Crippen molar-refractivity contribution in [3.8, 4) is 23.0 Å². The van der Waals surface area contributed by atoms with Crippen LogP contribution in [0.25, 0.3) is 0 Å². The van der Waals surface area contributed by atoms with Crippen molar-refractivity contribution in [2.75, 3.05) is 39.6 Å². The first kappa shape index (κ1) is 43.2. The first-order valence-electron chi connectivity index (χ1n) is 15.8. The van der Waals surface area contributed by atoms with E-state index in [0.717, 1.165) is 54.9 Å². The van der Waals surface area contributed by atoms with E-state index in [2.05, 4.69) is 106 Å². The summed E-state index contributed by atoms with van der Waals surface area (Å²) in [5.74, 6) is 2.28. The van der Waals surface area contributed by atoms with Crippen LogP contribution in [0.4, 0.5) is 0 Å². The number of hydrogen-bond donors (Lipinski definition) is 3. The van der Waals surface area contributed by atoms with Crippen LogP contribution in [-0.4, -0.2) is 71.7 Å². The average molecular weight is 1150 g/mol. The highest BCUT2D eigenvalue weighted by Crippen LogP contribution is 2.37. The van der Waals surface area contributed by atoms with E-state index in [-0.39, 0.29) is 12.4 Å². The fourth-order valence-electron chi connectivity index (χ4n) is 4.16. The van der Waals surface area contributed by atoms with E-state index in [1.807, 2.05) is 68.6 Å². The molecule has 0 bridgehead atoms. The highest BCUT2D eigenvalue weighted by Gasteiger charge is 2.15. The number of ether oxygens (including phenoxy) is 5. The Hall–Kier alpha value is -2.22. The molecule has 0 radical (unpaired) electrons. The van der Waals surface area contributed by atoms with Crippen LogP contribution in [-0.2, 0) is 40.2 Å². The van der Waals surface area contributed by atoms with Gasteiger partial charge in [0.1, 0.15) is 23.9 Å². The highest BCUT2D eigenvalue weighted by atomic mass is 127. The molecule has 0 spiro atoms. The fraction of sp³-hybridized carbons (Fsp3) is 0.353. The molecule has 13 nitrogen and oxygen atoms in total. The largest absolute Gasteiger partial charge is 0.491 e. The second-order valence-corrected chi connectivity index (χ2v) is 15.1. The van der Waals surface area contributed by atoms with Gasteiger partial charge in [0.05, 0.1) is 59.4 Å². The molecule has 0 saturated heterocycles. The van der Waals surface area contributed by atoms with Gasteiger partial charge in [0.15, 0.2) is 11.7 Å². The molecular formula is C34H40I4N6O7. The summed E-state index contributed by atoms with van der Waals surface area (Å²) < 4.78 is 33.6. The van der Waals surface area contributed by atoms with Crippen molar-refractivity contribution < 1.29 is 33.6 Å². The van der Waals surface area contributed by atoms with Gasteiger partial charge in [0.2, 0.25) is 0 Å². The minimum Gasteiger partial charge on any atom is -0.491 e. The van der Waals surface area contributed by atoms with Gasteiger partial charge < -0.3 is 40.3 Å². The number of halogens is 4. The molecule has 0 unspecified atom stereocenters. The number of aliphatic carboxylic acids is 1. The summed E-state index contributed by atoms with van der Waals surface area (Å²) in [5, 5.41) is 17.2. The third kappa shape index (κ3) is 16.1. The minimum absolute atomic E-state index is 0.0110. The summed E-state index contributed by atoms with van der Waals surface area (Å²) in [4.78, 5) is 14.9. The molecule has 4 aromatic rings. The summed E-state index contributed by atoms with van der Waals surface area (Å²) in [5.41, 5.74) is 13.2. The molecular weight excluding hydrogens is 1110 g/mol. The van der Waals surface area contributed by atoms with Crippen molar-refractivity contribution in [1.29, 1.82) is 0 Å². The molecule has 0 fully saturated rings. The third-order valence-electron chi connectivity index (χ3n) is 6.56. The van der Waals surface area contributed by atoms with Gasteiger partial charge in [-0.15, -0.1) is 5.10 Å². The van der Waals surface area contributed by atoms with E-state index in [0.29, 0.717) is 58.4 Å². The zero-order valence-corrected chi connectivity index (χ0v) is 36.7. The lowest BCUT2D eigenvalue weighted by Crippen LogP contribution is -2.22. The van der Waals surface area contributed by atoms with Crippen LogP contribution in [0.5, 0.6) is 23.0 Å². The topological polar surface area (TPSA) is 179 Å². The molecule has 276 valence electrons. The standard InChI is InChI=1S/C20H17I4N3O4.C14H23N3O3/c1-2-27-10-12(25-26-27)3-4-30-19-16(23)8-13(9-17(19)24)31-20-14(21)5-11(6-15(20)22)7-18(28)29;1-2-18-7-8-19-9-10-20-13-5-3-12(4-6-13)11-17-14(15)16/h5-6,8-10H,2-4,7H2,1H3,(H,28,29);3-6H,2,7-11H2,1H3,(H4,15,16,17). The molecule has 17 heteroatoms. The molecule has 0 amide bonds. The lowest BCUT2D eigenvalue weighted by molar-refractivity contribution is -0.136. The first-order chi connectivity index (χ1) is 24.5. The molecule has 4 rings (SSSR count). The van der Waals surface area contributed by atoms with Gasteiger partial charge >= 0.3 is 5.97 Å². The normalized spacial score (nSPS) is 10.6. The maximum Gasteiger partial charge on any atom is 0.307 e. The summed E-state index contributed by atoms with van der Waals surface area (Å²) >= 11 is 8.83. The molecule has 0 saturated carbocycles. The third-order valence-corrected chi connectivity index (χ3v) is 9.77. The van der Waals surface area contributed by atoms with E-state index in [1.54, 1.807) is 4.68 Å². The lowest BCUT2D eigenvalue weighted by Gasteiger charge is -2.15. The molecule has 3 aromatic carbocycles. The molecule has 0 aliphatic rings. The van der Waals surface area contributed by atoms with Gasteiger partial charge in [-0.05, 0) is 152 Å². The van der Waals surface area contributed by atoms with E-state index >= 15 is 0 Å². The maximum absolute atomic E-state index is 11.0. The minimum atomic E-state index is -0.852. The Kier molecular flexibility index (Phi) is 19.9. The quantitative estimate of drug-likeness (QED) is 0.0397. The molecule has 0 aliphatic heterocycles. The number of guanidine groups is 1. The van der Waals surface area contributed by atoms with Crippen LogP contribution < -0.4 is 25.7 Å². The second-order valence-electron chi connectivity index (χ2n) is 10.5. The Balaban J connectivity index is 0.000000304. The van der Waals surface area contributed by atoms with Crippen molar-refractivity contribution in [3.63, 3.8) is 0 Å². The zero-order chi connectivity index (χ0) is 37.2. The lowest BCUT2D eigenvalue weighted by atomic mass is 10.1. The first-order valence-corrected chi connectivity index (χ1v) is 20.1. The van der Waals surface area contributed by atoms with Crippen molar-refractivity contribution >= 4 is 102 Å².